The number of ether oxygens (including phenoxy) is 4. The maximum atomic E-state index is 8.19. The molecule has 4 atom stereocenters. The molecule has 13 nitrogen and oxygen atoms in total. The third-order valence-corrected chi connectivity index (χ3v) is 15.7. The van der Waals surface area contributed by atoms with Gasteiger partial charge in [-0.1, -0.05) is 132 Å². The van der Waals surface area contributed by atoms with Gasteiger partial charge in [0.05, 0.1) is 49.7 Å². The van der Waals surface area contributed by atoms with Gasteiger partial charge in [0.2, 0.25) is 0 Å². The van der Waals surface area contributed by atoms with Crippen LogP contribution in [0.25, 0.3) is 89.7 Å². The molecule has 9 rings (SSSR count). The van der Waals surface area contributed by atoms with Gasteiger partial charge in [0.25, 0.3) is 0 Å². The van der Waals surface area contributed by atoms with Crippen molar-refractivity contribution < 1.29 is 40.0 Å². The number of hydrogen-bond donors (Lipinski definition) is 0. The molecule has 0 N–H and O–H groups in total. The van der Waals surface area contributed by atoms with Gasteiger partial charge < -0.3 is 48.9 Å². The number of benzene rings is 4. The first-order valence-electron chi connectivity index (χ1n) is 29.2. The van der Waals surface area contributed by atoms with Gasteiger partial charge in [0, 0.05) is 44.8 Å². The van der Waals surface area contributed by atoms with Crippen molar-refractivity contribution in [3.63, 3.8) is 0 Å². The van der Waals surface area contributed by atoms with Crippen LogP contribution in [0.3, 0.4) is 0 Å². The van der Waals surface area contributed by atoms with Gasteiger partial charge in [-0.15, -0.1) is 0 Å². The number of nitrogens with zero attached hydrogens (tertiary/aromatic N) is 8. The predicted molar refractivity (Wildman–Crippen MR) is 310 cm³/mol. The summed E-state index contributed by atoms with van der Waals surface area (Å²) in [5.41, 5.74) is 5.18. The maximum absolute atomic E-state index is 8.19. The average Bonchev–Trinajstić information content (AvgIpc) is 4.26. The van der Waals surface area contributed by atoms with Gasteiger partial charge in [-0.25, -0.2) is 9.97 Å². The number of aromatic nitrogens is 8. The van der Waals surface area contributed by atoms with Crippen LogP contribution in [0.2, 0.25) is 0 Å². The molecule has 3 aromatic heterocycles. The monoisotopic (exact) mass is 1090 g/mol. The molecule has 14 heteroatoms. The molecule has 0 aliphatic carbocycles. The Morgan fingerprint density at radius 2 is 0.641 bits per heavy atom. The summed E-state index contributed by atoms with van der Waals surface area (Å²) in [6, 6.07) is 24.4. The molecule has 4 unspecified atom stereocenters. The standard InChI is InChI=1S/C64H80N8O4.O.V/c1-9-17-21-41(13-5)37-73-45-25-29-49-53(33-45)61-65-57(49)70-62-55-35-47(75-39-43(15-7)23-19-11-3)27-31-51(55)59(67-62)72-64-56-36-48(76-40-44(16-8)24-20-12-4)28-32-52(56)60(68-64)71-63-54-34-46(26-30-50(54)58(66-63)69-61)74-38-42(14-6)22-18-10-2;;/h25-36,41-44H,9-24,37-40H2,1-8H3;;/q-2;;+2. The Hall–Kier alpha value is -6.18. The van der Waals surface area contributed by atoms with Crippen molar-refractivity contribution in [2.75, 3.05) is 26.4 Å². The van der Waals surface area contributed by atoms with Crippen molar-refractivity contribution in [3.05, 3.63) is 72.8 Å². The van der Waals surface area contributed by atoms with Crippen LogP contribution in [0, 0.1) is 23.7 Å². The van der Waals surface area contributed by atoms with Crippen LogP contribution >= 0.6 is 0 Å². The van der Waals surface area contributed by atoms with Crippen molar-refractivity contribution in [1.29, 1.82) is 0 Å². The van der Waals surface area contributed by atoms with Crippen molar-refractivity contribution in [2.24, 2.45) is 23.7 Å². The molecule has 0 spiro atoms. The number of hydrogen-bond acceptors (Lipinski definition) is 11. The Bertz CT molecular complexity index is 3050. The summed E-state index contributed by atoms with van der Waals surface area (Å²) in [5, 5.41) is 3.25. The van der Waals surface area contributed by atoms with Gasteiger partial charge in [-0.05, 0) is 144 Å². The zero-order valence-corrected chi connectivity index (χ0v) is 48.8. The third kappa shape index (κ3) is 14.0. The van der Waals surface area contributed by atoms with E-state index in [0.29, 0.717) is 96.0 Å². The van der Waals surface area contributed by atoms with E-state index in [9.17, 15) is 0 Å². The van der Waals surface area contributed by atoms with Crippen LogP contribution < -0.4 is 28.9 Å². The molecule has 8 bridgehead atoms. The van der Waals surface area contributed by atoms with Crippen LogP contribution in [0.1, 0.15) is 158 Å². The minimum absolute atomic E-state index is 0.467. The normalized spacial score (nSPS) is 13.3. The van der Waals surface area contributed by atoms with Crippen LogP contribution in [-0.4, -0.2) is 56.3 Å². The molecular formula is C64H80N8O5V. The molecule has 0 amide bonds. The Kier molecular flexibility index (Phi) is 21.3. The second-order valence-electron chi connectivity index (χ2n) is 21.2. The molecule has 0 saturated carbocycles. The molecule has 5 heterocycles. The van der Waals surface area contributed by atoms with Crippen molar-refractivity contribution >= 4 is 44.1 Å². The molecule has 0 saturated heterocycles. The zero-order chi connectivity index (χ0) is 55.0. The summed E-state index contributed by atoms with van der Waals surface area (Å²) in [6.45, 7) is 20.5. The molecular weight excluding hydrogens is 1010 g/mol. The molecule has 78 heavy (non-hydrogen) atoms. The van der Waals surface area contributed by atoms with Gasteiger partial charge in [-0.2, -0.15) is 0 Å². The van der Waals surface area contributed by atoms with E-state index in [0.717, 1.165) is 161 Å². The van der Waals surface area contributed by atoms with E-state index in [2.05, 4.69) is 55.4 Å². The minimum atomic E-state index is 0.467. The molecule has 7 aromatic rings. The van der Waals surface area contributed by atoms with Crippen LogP contribution in [0.15, 0.2) is 72.8 Å². The van der Waals surface area contributed by atoms with Crippen molar-refractivity contribution in [3.8, 4) is 68.5 Å². The second kappa shape index (κ2) is 28.6. The Morgan fingerprint density at radius 1 is 0.359 bits per heavy atom. The quantitative estimate of drug-likeness (QED) is 0.0456. The SMILES string of the molecule is CCCCC(CC)COc1ccc2c(c1)-c1nc-2nc2[n-]c(nc3nc(nc4[n-]c(n1)c1ccc(OCC(CC)CCCC)cc41)-c1ccc(OCC(CC)CCCC)cc1-3)c1ccc(OCC(CC)CCCC)cc21.[O]=[V+2]. The Labute approximate surface area is 471 Å². The second-order valence-corrected chi connectivity index (χ2v) is 21.2. The number of rotatable bonds is 28. The van der Waals surface area contributed by atoms with Gasteiger partial charge >= 0.3 is 21.0 Å². The van der Waals surface area contributed by atoms with E-state index in [1.54, 1.807) is 0 Å². The van der Waals surface area contributed by atoms with E-state index in [4.69, 9.17) is 62.5 Å². The Balaban J connectivity index is 0.00000397. The third-order valence-electron chi connectivity index (χ3n) is 15.7. The van der Waals surface area contributed by atoms with E-state index >= 15 is 0 Å². The predicted octanol–water partition coefficient (Wildman–Crippen LogP) is 16.4. The summed E-state index contributed by atoms with van der Waals surface area (Å²) in [7, 11) is 0. The molecule has 2 aliphatic rings. The van der Waals surface area contributed by atoms with Crippen LogP contribution in [0.5, 0.6) is 23.0 Å². The fraction of sp³-hybridized carbons (Fsp3) is 0.500. The Morgan fingerprint density at radius 3 is 0.949 bits per heavy atom. The molecule has 0 radical (unpaired) electrons. The van der Waals surface area contributed by atoms with Gasteiger partial charge in [0.1, 0.15) is 23.0 Å². The van der Waals surface area contributed by atoms with Crippen molar-refractivity contribution in [1.82, 2.24) is 39.9 Å². The van der Waals surface area contributed by atoms with E-state index in [1.807, 2.05) is 72.8 Å². The van der Waals surface area contributed by atoms with Crippen LogP contribution in [-0.2, 0) is 21.0 Å². The summed E-state index contributed by atoms with van der Waals surface area (Å²) >= 11 is 1.06. The summed E-state index contributed by atoms with van der Waals surface area (Å²) in [5.74, 6) is 6.83. The number of fused-ring (bicyclic) bond motifs is 20. The summed E-state index contributed by atoms with van der Waals surface area (Å²) < 4.78 is 34.4. The summed E-state index contributed by atoms with van der Waals surface area (Å²) in [6.07, 6.45) is 18.2. The topological polar surface area (TPSA) is 160 Å². The fourth-order valence-corrected chi connectivity index (χ4v) is 10.4. The molecule has 0 fully saturated rings. The average molecular weight is 1090 g/mol. The zero-order valence-electron chi connectivity index (χ0n) is 47.4. The number of unbranched alkanes of at least 4 members (excludes halogenated alkanes) is 4. The molecule has 4 aromatic carbocycles. The van der Waals surface area contributed by atoms with Gasteiger partial charge in [-0.3, -0.25) is 0 Å². The van der Waals surface area contributed by atoms with E-state index < -0.39 is 0 Å². The van der Waals surface area contributed by atoms with E-state index in [1.165, 1.54) is 25.7 Å². The molecule has 2 aliphatic heterocycles. The van der Waals surface area contributed by atoms with Crippen LogP contribution in [0.4, 0.5) is 0 Å². The van der Waals surface area contributed by atoms with Gasteiger partial charge in [0.15, 0.2) is 0 Å². The van der Waals surface area contributed by atoms with E-state index in [-0.39, 0.29) is 0 Å². The first kappa shape index (κ1) is 58.0. The fourth-order valence-electron chi connectivity index (χ4n) is 10.4. The van der Waals surface area contributed by atoms with Crippen molar-refractivity contribution in [2.45, 2.75) is 158 Å². The first-order valence-corrected chi connectivity index (χ1v) is 29.8. The summed E-state index contributed by atoms with van der Waals surface area (Å²) in [4.78, 5) is 42.1. The first-order chi connectivity index (χ1) is 38.3. The molecule has 411 valence electrons.